The summed E-state index contributed by atoms with van der Waals surface area (Å²) in [5, 5.41) is 13.3. The quantitative estimate of drug-likeness (QED) is 0.649. The number of hydrogen-bond acceptors (Lipinski definition) is 5. The Balaban J connectivity index is 1.60. The Morgan fingerprint density at radius 2 is 2.04 bits per heavy atom. The van der Waals surface area contributed by atoms with Gasteiger partial charge in [0, 0.05) is 4.88 Å². The molecule has 0 radical (unpaired) electrons. The fourth-order valence-electron chi connectivity index (χ4n) is 2.34. The zero-order valence-corrected chi connectivity index (χ0v) is 15.2. The first kappa shape index (κ1) is 16.9. The fourth-order valence-corrected chi connectivity index (χ4v) is 3.89. The Bertz CT molecular complexity index is 749. The third kappa shape index (κ3) is 4.33. The molecule has 1 atom stereocenters. The normalized spacial score (nSPS) is 19.5. The number of rotatable bonds is 5. The molecule has 1 aromatic carbocycles. The Labute approximate surface area is 150 Å². The molecule has 24 heavy (non-hydrogen) atoms. The number of thiophene rings is 1. The van der Waals surface area contributed by atoms with Gasteiger partial charge in [0.15, 0.2) is 5.17 Å². The smallest absolute Gasteiger partial charge is 0.239 e. The fraction of sp³-hybridized carbons (Fsp3) is 0.278. The van der Waals surface area contributed by atoms with Crippen LogP contribution >= 0.6 is 23.1 Å². The first-order chi connectivity index (χ1) is 11.6. The van der Waals surface area contributed by atoms with Crippen LogP contribution in [0, 0.1) is 0 Å². The molecule has 1 amide bonds. The Morgan fingerprint density at radius 3 is 2.71 bits per heavy atom. The van der Waals surface area contributed by atoms with E-state index in [1.807, 2.05) is 17.5 Å². The lowest BCUT2D eigenvalue weighted by Gasteiger charge is -2.08. The molecule has 1 aliphatic heterocycles. The lowest BCUT2D eigenvalue weighted by Crippen LogP contribution is -2.25. The molecule has 124 valence electrons. The van der Waals surface area contributed by atoms with Gasteiger partial charge >= 0.3 is 0 Å². The minimum atomic E-state index is -0.148. The summed E-state index contributed by atoms with van der Waals surface area (Å²) in [5.41, 5.74) is 2.47. The van der Waals surface area contributed by atoms with Gasteiger partial charge < -0.3 is 5.32 Å². The van der Waals surface area contributed by atoms with Crippen LogP contribution in [0.4, 0.5) is 0 Å². The Hall–Kier alpha value is -1.92. The molecular weight excluding hydrogens is 338 g/mol. The van der Waals surface area contributed by atoms with E-state index in [2.05, 4.69) is 53.6 Å². The van der Waals surface area contributed by atoms with Crippen LogP contribution in [0.15, 0.2) is 52.0 Å². The molecule has 0 saturated carbocycles. The van der Waals surface area contributed by atoms with E-state index in [0.717, 1.165) is 10.4 Å². The number of amides is 1. The zero-order chi connectivity index (χ0) is 16.9. The molecule has 1 aromatic heterocycles. The molecule has 2 aromatic rings. The van der Waals surface area contributed by atoms with Crippen molar-refractivity contribution in [2.45, 2.75) is 31.4 Å². The van der Waals surface area contributed by atoms with Gasteiger partial charge in [-0.2, -0.15) is 5.10 Å². The molecule has 0 aliphatic carbocycles. The number of hydrogen-bond donors (Lipinski definition) is 1. The van der Waals surface area contributed by atoms with Crippen LogP contribution in [0.2, 0.25) is 0 Å². The highest BCUT2D eigenvalue weighted by Crippen LogP contribution is 2.24. The highest BCUT2D eigenvalue weighted by Gasteiger charge is 2.30. The van der Waals surface area contributed by atoms with Crippen LogP contribution < -0.4 is 5.32 Å². The predicted molar refractivity (Wildman–Crippen MR) is 103 cm³/mol. The molecule has 1 aliphatic rings. The number of amidine groups is 1. The van der Waals surface area contributed by atoms with Crippen LogP contribution in [0.1, 0.15) is 35.8 Å². The minimum absolute atomic E-state index is 0.00184. The van der Waals surface area contributed by atoms with Gasteiger partial charge in [0.05, 0.1) is 11.5 Å². The highest BCUT2D eigenvalue weighted by molar-refractivity contribution is 8.15. The maximum atomic E-state index is 12.1. The maximum Gasteiger partial charge on any atom is 0.239 e. The topological polar surface area (TPSA) is 53.8 Å². The molecule has 6 heteroatoms. The average molecular weight is 358 g/mol. The van der Waals surface area contributed by atoms with Gasteiger partial charge in [-0.3, -0.25) is 4.79 Å². The van der Waals surface area contributed by atoms with Gasteiger partial charge in [-0.25, -0.2) is 0 Å². The summed E-state index contributed by atoms with van der Waals surface area (Å²) in [4.78, 5) is 13.1. The van der Waals surface area contributed by atoms with Crippen molar-refractivity contribution in [3.05, 3.63) is 57.8 Å². The van der Waals surface area contributed by atoms with E-state index in [1.165, 1.54) is 17.3 Å². The van der Waals surface area contributed by atoms with Crippen molar-refractivity contribution < 1.29 is 4.79 Å². The summed E-state index contributed by atoms with van der Waals surface area (Å²) >= 11 is 3.04. The zero-order valence-electron chi connectivity index (χ0n) is 13.6. The van der Waals surface area contributed by atoms with Gasteiger partial charge in [-0.15, -0.1) is 16.4 Å². The first-order valence-electron chi connectivity index (χ1n) is 7.82. The van der Waals surface area contributed by atoms with Crippen LogP contribution in [0.5, 0.6) is 0 Å². The molecule has 0 unspecified atom stereocenters. The van der Waals surface area contributed by atoms with Crippen molar-refractivity contribution in [2.75, 3.05) is 0 Å². The van der Waals surface area contributed by atoms with Crippen molar-refractivity contribution in [2.24, 2.45) is 10.2 Å². The molecule has 2 heterocycles. The summed E-state index contributed by atoms with van der Waals surface area (Å²) in [5.74, 6) is 0.515. The number of nitrogens with zero attached hydrogens (tertiary/aromatic N) is 2. The van der Waals surface area contributed by atoms with Gasteiger partial charge in [-0.05, 0) is 34.9 Å². The Kier molecular flexibility index (Phi) is 5.48. The van der Waals surface area contributed by atoms with Crippen LogP contribution in [0.25, 0.3) is 0 Å². The largest absolute Gasteiger partial charge is 0.303 e. The predicted octanol–water partition coefficient (Wildman–Crippen LogP) is 4.04. The van der Waals surface area contributed by atoms with Crippen molar-refractivity contribution >= 4 is 40.4 Å². The monoisotopic (exact) mass is 357 g/mol. The molecule has 0 spiro atoms. The lowest BCUT2D eigenvalue weighted by molar-refractivity contribution is -0.118. The molecular formula is C18H19N3OS2. The van der Waals surface area contributed by atoms with Gasteiger partial charge in [0.2, 0.25) is 5.91 Å². The number of carbonyl (C=O) groups excluding carboxylic acids is 1. The summed E-state index contributed by atoms with van der Waals surface area (Å²) < 4.78 is 0. The summed E-state index contributed by atoms with van der Waals surface area (Å²) in [6.45, 7) is 4.35. The molecule has 1 saturated heterocycles. The lowest BCUT2D eigenvalue weighted by atomic mass is 10.0. The number of carbonyl (C=O) groups is 1. The van der Waals surface area contributed by atoms with Crippen molar-refractivity contribution in [1.29, 1.82) is 0 Å². The second-order valence-electron chi connectivity index (χ2n) is 5.86. The first-order valence-corrected chi connectivity index (χ1v) is 9.58. The van der Waals surface area contributed by atoms with Crippen molar-refractivity contribution in [3.8, 4) is 0 Å². The maximum absolute atomic E-state index is 12.1. The molecule has 3 rings (SSSR count). The van der Waals surface area contributed by atoms with Crippen molar-refractivity contribution in [1.82, 2.24) is 5.32 Å². The van der Waals surface area contributed by atoms with E-state index < -0.39 is 0 Å². The SMILES string of the molecule is CC(C)c1ccc(C[C@H]2S/C(=N/N=C\c3cccs3)NC2=O)cc1. The minimum Gasteiger partial charge on any atom is -0.303 e. The van der Waals surface area contributed by atoms with E-state index >= 15 is 0 Å². The van der Waals surface area contributed by atoms with Crippen LogP contribution in [0.3, 0.4) is 0 Å². The van der Waals surface area contributed by atoms with E-state index in [-0.39, 0.29) is 11.2 Å². The summed E-state index contributed by atoms with van der Waals surface area (Å²) in [6, 6.07) is 12.4. The highest BCUT2D eigenvalue weighted by atomic mass is 32.2. The molecule has 1 N–H and O–H groups in total. The van der Waals surface area contributed by atoms with Gasteiger partial charge in [0.25, 0.3) is 0 Å². The van der Waals surface area contributed by atoms with Crippen molar-refractivity contribution in [3.63, 3.8) is 0 Å². The molecule has 1 fully saturated rings. The second kappa shape index (κ2) is 7.77. The van der Waals surface area contributed by atoms with E-state index in [0.29, 0.717) is 17.5 Å². The second-order valence-corrected chi connectivity index (χ2v) is 8.03. The number of benzene rings is 1. The summed E-state index contributed by atoms with van der Waals surface area (Å²) in [6.07, 6.45) is 2.39. The van der Waals surface area contributed by atoms with E-state index in [1.54, 1.807) is 17.6 Å². The summed E-state index contributed by atoms with van der Waals surface area (Å²) in [7, 11) is 0. The third-order valence-corrected chi connectivity index (χ3v) is 5.60. The van der Waals surface area contributed by atoms with Crippen LogP contribution in [-0.2, 0) is 11.2 Å². The Morgan fingerprint density at radius 1 is 1.25 bits per heavy atom. The van der Waals surface area contributed by atoms with E-state index in [4.69, 9.17) is 0 Å². The molecule has 0 bridgehead atoms. The number of nitrogens with one attached hydrogen (secondary N) is 1. The number of thioether (sulfide) groups is 1. The average Bonchev–Trinajstić information content (AvgIpc) is 3.19. The molecule has 4 nitrogen and oxygen atoms in total. The van der Waals surface area contributed by atoms with Gasteiger partial charge in [-0.1, -0.05) is 55.9 Å². The van der Waals surface area contributed by atoms with Gasteiger partial charge in [0.1, 0.15) is 0 Å². The van der Waals surface area contributed by atoms with Crippen LogP contribution in [-0.4, -0.2) is 22.5 Å². The standard InChI is InChI=1S/C18H19N3OS2/c1-12(2)14-7-5-13(6-8-14)10-16-17(22)20-18(24-16)21-19-11-15-4-3-9-23-15/h3-9,11-12,16H,10H2,1-2H3,(H,20,21,22)/b19-11-/t16-/m1/s1. The third-order valence-electron chi connectivity index (χ3n) is 3.72. The van der Waals surface area contributed by atoms with E-state index in [9.17, 15) is 4.79 Å².